The van der Waals surface area contributed by atoms with Crippen molar-refractivity contribution in [3.63, 3.8) is 0 Å². The van der Waals surface area contributed by atoms with Crippen LogP contribution in [0.3, 0.4) is 0 Å². The Morgan fingerprint density at radius 1 is 1.21 bits per heavy atom. The molecule has 1 amide bonds. The number of ether oxygens (including phenoxy) is 2. The summed E-state index contributed by atoms with van der Waals surface area (Å²) in [5.41, 5.74) is 2.56. The molecule has 2 aliphatic heterocycles. The summed E-state index contributed by atoms with van der Waals surface area (Å²) in [6.07, 6.45) is 1.90. The van der Waals surface area contributed by atoms with E-state index in [-0.39, 0.29) is 19.1 Å². The number of fused-ring (bicyclic) bond motifs is 1. The zero-order valence-corrected chi connectivity index (χ0v) is 19.7. The van der Waals surface area contributed by atoms with Crippen molar-refractivity contribution in [1.82, 2.24) is 4.90 Å². The highest BCUT2D eigenvalue weighted by Gasteiger charge is 2.37. The van der Waals surface area contributed by atoms with Crippen molar-refractivity contribution in [3.05, 3.63) is 82.0 Å². The standard InChI is InChI=1S/C24H22ClN3O4S/c1-3-31-23(30)21-15(2)26-24-28(11-12-33-24)22(21)16-5-4-6-19(13-16)32-14-20(29)27-18-9-7-17(25)8-10-18/h4-13,22H,3,14H2,1-2H3,(H,27,29). The topological polar surface area (TPSA) is 80.2 Å². The Hall–Kier alpha value is -3.23. The van der Waals surface area contributed by atoms with Gasteiger partial charge in [-0.3, -0.25) is 4.79 Å². The number of carbonyl (C=O) groups excluding carboxylic acids is 2. The normalized spacial score (nSPS) is 16.9. The number of rotatable bonds is 7. The fourth-order valence-electron chi connectivity index (χ4n) is 3.55. The smallest absolute Gasteiger partial charge is 0.338 e. The molecular weight excluding hydrogens is 462 g/mol. The lowest BCUT2D eigenvalue weighted by molar-refractivity contribution is -0.139. The first-order valence-corrected chi connectivity index (χ1v) is 11.6. The van der Waals surface area contributed by atoms with Crippen LogP contribution in [0.25, 0.3) is 0 Å². The number of nitrogens with zero attached hydrogens (tertiary/aromatic N) is 2. The Kier molecular flexibility index (Phi) is 7.05. The van der Waals surface area contributed by atoms with Crippen molar-refractivity contribution in [2.24, 2.45) is 4.99 Å². The van der Waals surface area contributed by atoms with Gasteiger partial charge >= 0.3 is 5.97 Å². The van der Waals surface area contributed by atoms with Gasteiger partial charge < -0.3 is 19.7 Å². The van der Waals surface area contributed by atoms with Gasteiger partial charge in [-0.15, -0.1) is 0 Å². The van der Waals surface area contributed by atoms with Crippen molar-refractivity contribution in [1.29, 1.82) is 0 Å². The molecule has 2 aliphatic rings. The first-order chi connectivity index (χ1) is 16.0. The van der Waals surface area contributed by atoms with Gasteiger partial charge in [-0.05, 0) is 61.2 Å². The molecule has 170 valence electrons. The first-order valence-electron chi connectivity index (χ1n) is 10.3. The Balaban J connectivity index is 1.52. The average molecular weight is 484 g/mol. The van der Waals surface area contributed by atoms with Crippen LogP contribution in [0, 0.1) is 0 Å². The molecule has 1 N–H and O–H groups in total. The molecule has 2 aromatic carbocycles. The van der Waals surface area contributed by atoms with Crippen molar-refractivity contribution in [2.75, 3.05) is 18.5 Å². The van der Waals surface area contributed by atoms with Gasteiger partial charge in [-0.1, -0.05) is 35.5 Å². The highest BCUT2D eigenvalue weighted by atomic mass is 35.5. The van der Waals surface area contributed by atoms with E-state index in [0.29, 0.717) is 27.7 Å². The van der Waals surface area contributed by atoms with Crippen LogP contribution in [-0.2, 0) is 14.3 Å². The number of hydrogen-bond acceptors (Lipinski definition) is 7. The summed E-state index contributed by atoms with van der Waals surface area (Å²) in [4.78, 5) is 31.6. The number of aliphatic imine (C=N–C) groups is 1. The minimum Gasteiger partial charge on any atom is -0.484 e. The molecule has 7 nitrogen and oxygen atoms in total. The highest BCUT2D eigenvalue weighted by molar-refractivity contribution is 8.16. The van der Waals surface area contributed by atoms with Crippen molar-refractivity contribution in [3.8, 4) is 5.75 Å². The first kappa shape index (κ1) is 22.9. The third-order valence-electron chi connectivity index (χ3n) is 4.99. The van der Waals surface area contributed by atoms with Gasteiger partial charge in [0.2, 0.25) is 0 Å². The quantitative estimate of drug-likeness (QED) is 0.550. The lowest BCUT2D eigenvalue weighted by Crippen LogP contribution is -2.34. The Labute approximate surface area is 201 Å². The van der Waals surface area contributed by atoms with E-state index < -0.39 is 12.0 Å². The molecular formula is C24H22ClN3O4S. The molecule has 0 saturated carbocycles. The van der Waals surface area contributed by atoms with Crippen LogP contribution >= 0.6 is 23.4 Å². The molecule has 0 bridgehead atoms. The third-order valence-corrected chi connectivity index (χ3v) is 6.01. The van der Waals surface area contributed by atoms with E-state index in [2.05, 4.69) is 10.3 Å². The second-order valence-electron chi connectivity index (χ2n) is 7.24. The van der Waals surface area contributed by atoms with Gasteiger partial charge in [-0.2, -0.15) is 0 Å². The van der Waals surface area contributed by atoms with Crippen LogP contribution in [0.15, 0.2) is 76.4 Å². The molecule has 9 heteroatoms. The number of nitrogens with one attached hydrogen (secondary N) is 1. The number of halogens is 1. The Bertz CT molecular complexity index is 1160. The van der Waals surface area contributed by atoms with Gasteiger partial charge in [0.25, 0.3) is 5.91 Å². The van der Waals surface area contributed by atoms with Gasteiger partial charge in [0.15, 0.2) is 11.8 Å². The number of allylic oxidation sites excluding steroid dienone is 1. The zero-order chi connectivity index (χ0) is 23.4. The van der Waals surface area contributed by atoms with Crippen molar-refractivity contribution >= 4 is 46.1 Å². The molecule has 0 saturated heterocycles. The monoisotopic (exact) mass is 483 g/mol. The fraction of sp³-hybridized carbons (Fsp3) is 0.208. The number of hydrogen-bond donors (Lipinski definition) is 1. The summed E-state index contributed by atoms with van der Waals surface area (Å²) in [6, 6.07) is 13.8. The average Bonchev–Trinajstić information content (AvgIpc) is 3.26. The maximum absolute atomic E-state index is 12.8. The van der Waals surface area contributed by atoms with Gasteiger partial charge in [0, 0.05) is 16.9 Å². The molecule has 1 unspecified atom stereocenters. The van der Waals surface area contributed by atoms with Crippen LogP contribution in [0.5, 0.6) is 5.75 Å². The van der Waals surface area contributed by atoms with Crippen molar-refractivity contribution in [2.45, 2.75) is 19.9 Å². The van der Waals surface area contributed by atoms with Gasteiger partial charge in [0.1, 0.15) is 5.75 Å². The summed E-state index contributed by atoms with van der Waals surface area (Å²) >= 11 is 7.36. The highest BCUT2D eigenvalue weighted by Crippen LogP contribution is 2.41. The van der Waals surface area contributed by atoms with Gasteiger partial charge in [-0.25, -0.2) is 9.79 Å². The molecule has 2 aromatic rings. The number of esters is 1. The predicted octanol–water partition coefficient (Wildman–Crippen LogP) is 5.13. The van der Waals surface area contributed by atoms with Crippen LogP contribution < -0.4 is 10.1 Å². The number of thioether (sulfide) groups is 1. The summed E-state index contributed by atoms with van der Waals surface area (Å²) in [6.45, 7) is 3.69. The number of anilines is 1. The van der Waals surface area contributed by atoms with Crippen LogP contribution in [-0.4, -0.2) is 35.2 Å². The molecule has 4 rings (SSSR count). The van der Waals surface area contributed by atoms with Crippen molar-refractivity contribution < 1.29 is 19.1 Å². The predicted molar refractivity (Wildman–Crippen MR) is 130 cm³/mol. The number of benzene rings is 2. The Morgan fingerprint density at radius 2 is 2.00 bits per heavy atom. The number of amidine groups is 1. The van der Waals surface area contributed by atoms with E-state index in [9.17, 15) is 9.59 Å². The van der Waals surface area contributed by atoms with E-state index in [1.54, 1.807) is 37.3 Å². The number of carbonyl (C=O) groups is 2. The zero-order valence-electron chi connectivity index (χ0n) is 18.1. The third kappa shape index (κ3) is 5.23. The lowest BCUT2D eigenvalue weighted by Gasteiger charge is -2.33. The van der Waals surface area contributed by atoms with E-state index in [1.165, 1.54) is 11.8 Å². The van der Waals surface area contributed by atoms with E-state index >= 15 is 0 Å². The largest absolute Gasteiger partial charge is 0.484 e. The summed E-state index contributed by atoms with van der Waals surface area (Å²) < 4.78 is 11.0. The molecule has 1 atom stereocenters. The minimum atomic E-state index is -0.408. The maximum atomic E-state index is 12.8. The molecule has 0 radical (unpaired) electrons. The van der Waals surface area contributed by atoms with E-state index in [4.69, 9.17) is 21.1 Å². The molecule has 33 heavy (non-hydrogen) atoms. The summed E-state index contributed by atoms with van der Waals surface area (Å²) in [7, 11) is 0. The second kappa shape index (κ2) is 10.1. The van der Waals surface area contributed by atoms with E-state index in [1.807, 2.05) is 41.6 Å². The van der Waals surface area contributed by atoms with E-state index in [0.717, 1.165) is 10.7 Å². The minimum absolute atomic E-state index is 0.164. The number of amides is 1. The van der Waals surface area contributed by atoms with Crippen LogP contribution in [0.4, 0.5) is 5.69 Å². The maximum Gasteiger partial charge on any atom is 0.338 e. The molecule has 0 spiro atoms. The SMILES string of the molecule is CCOC(=O)C1=C(C)N=C2SC=CN2C1c1cccc(OCC(=O)Nc2ccc(Cl)cc2)c1. The summed E-state index contributed by atoms with van der Waals surface area (Å²) in [5, 5.41) is 6.07. The van der Waals surface area contributed by atoms with Gasteiger partial charge in [0.05, 0.1) is 23.9 Å². The molecule has 0 aliphatic carbocycles. The lowest BCUT2D eigenvalue weighted by atomic mass is 9.94. The Morgan fingerprint density at radius 3 is 2.76 bits per heavy atom. The molecule has 2 heterocycles. The van der Waals surface area contributed by atoms with Crippen LogP contribution in [0.2, 0.25) is 5.02 Å². The second-order valence-corrected chi connectivity index (χ2v) is 8.55. The van der Waals surface area contributed by atoms with Crippen LogP contribution in [0.1, 0.15) is 25.5 Å². The fourth-order valence-corrected chi connectivity index (χ4v) is 4.47. The molecule has 0 fully saturated rings. The summed E-state index contributed by atoms with van der Waals surface area (Å²) in [5.74, 6) is -0.182. The molecule has 0 aromatic heterocycles.